The van der Waals surface area contributed by atoms with Crippen molar-refractivity contribution in [3.05, 3.63) is 59.7 Å². The third-order valence-corrected chi connectivity index (χ3v) is 5.71. The molecule has 4 nitrogen and oxygen atoms in total. The number of ketones is 1. The molecule has 0 saturated heterocycles. The van der Waals surface area contributed by atoms with E-state index in [2.05, 4.69) is 25.1 Å². The van der Waals surface area contributed by atoms with E-state index >= 15 is 0 Å². The van der Waals surface area contributed by atoms with Crippen LogP contribution < -0.4 is 5.48 Å². The summed E-state index contributed by atoms with van der Waals surface area (Å²) in [5.74, 6) is -0.102. The lowest BCUT2D eigenvalue weighted by molar-refractivity contribution is -0.129. The van der Waals surface area contributed by atoms with Gasteiger partial charge in [0.15, 0.2) is 5.78 Å². The lowest BCUT2D eigenvalue weighted by Gasteiger charge is -2.33. The number of nitrogens with one attached hydrogen (secondary N) is 1. The molecule has 0 aliphatic heterocycles. The van der Waals surface area contributed by atoms with Crippen molar-refractivity contribution in [3.63, 3.8) is 0 Å². The fraction of sp³-hybridized carbons (Fsp3) is 0.391. The number of rotatable bonds is 7. The van der Waals surface area contributed by atoms with Gasteiger partial charge in [-0.1, -0.05) is 68.3 Å². The monoisotopic (exact) mass is 365 g/mol. The van der Waals surface area contributed by atoms with Crippen molar-refractivity contribution >= 4 is 11.7 Å². The van der Waals surface area contributed by atoms with Crippen LogP contribution in [0.3, 0.4) is 0 Å². The Hall–Kier alpha value is -2.46. The standard InChI is InChI=1S/C23H27NO3/c1-23(14-7-3-6-10-21(25)24-27)15-13-19-16-18(11-12-20(19)22(23)26)17-8-4-2-5-9-17/h2,4-5,8-9,11-12,16,27H,3,6-7,10,13-15H2,1H3,(H,24,25). The van der Waals surface area contributed by atoms with Gasteiger partial charge < -0.3 is 0 Å². The Morgan fingerprint density at radius 1 is 1.07 bits per heavy atom. The summed E-state index contributed by atoms with van der Waals surface area (Å²) in [5, 5.41) is 8.51. The molecule has 0 radical (unpaired) electrons. The van der Waals surface area contributed by atoms with E-state index in [0.717, 1.165) is 55.2 Å². The number of fused-ring (bicyclic) bond motifs is 1. The van der Waals surface area contributed by atoms with Crippen molar-refractivity contribution in [2.45, 2.75) is 51.9 Å². The zero-order chi connectivity index (χ0) is 19.3. The van der Waals surface area contributed by atoms with E-state index in [1.165, 1.54) is 5.56 Å². The molecule has 1 aliphatic rings. The SMILES string of the molecule is CC1(CCCCCC(=O)NO)CCc2cc(-c3ccccc3)ccc2C1=O. The maximum absolute atomic E-state index is 13.1. The maximum Gasteiger partial charge on any atom is 0.243 e. The molecule has 3 rings (SSSR count). The predicted molar refractivity (Wildman–Crippen MR) is 106 cm³/mol. The van der Waals surface area contributed by atoms with Crippen molar-refractivity contribution < 1.29 is 14.8 Å². The molecule has 1 atom stereocenters. The second-order valence-electron chi connectivity index (χ2n) is 7.72. The van der Waals surface area contributed by atoms with Gasteiger partial charge in [0.2, 0.25) is 5.91 Å². The Kier molecular flexibility index (Phi) is 6.07. The van der Waals surface area contributed by atoms with Gasteiger partial charge in [0, 0.05) is 17.4 Å². The van der Waals surface area contributed by atoms with Crippen LogP contribution in [-0.2, 0) is 11.2 Å². The molecule has 0 aromatic heterocycles. The Morgan fingerprint density at radius 3 is 2.59 bits per heavy atom. The highest BCUT2D eigenvalue weighted by atomic mass is 16.5. The molecular formula is C23H27NO3. The number of unbranched alkanes of at least 4 members (excludes halogenated alkanes) is 2. The lowest BCUT2D eigenvalue weighted by Crippen LogP contribution is -2.33. The summed E-state index contributed by atoms with van der Waals surface area (Å²) in [6.07, 6.45) is 5.49. The van der Waals surface area contributed by atoms with Gasteiger partial charge in [-0.25, -0.2) is 5.48 Å². The predicted octanol–water partition coefficient (Wildman–Crippen LogP) is 4.94. The van der Waals surface area contributed by atoms with Gasteiger partial charge in [0.25, 0.3) is 0 Å². The van der Waals surface area contributed by atoms with Crippen LogP contribution in [0, 0.1) is 5.41 Å². The van der Waals surface area contributed by atoms with E-state index in [1.807, 2.05) is 30.3 Å². The number of carbonyl (C=O) groups excluding carboxylic acids is 2. The van der Waals surface area contributed by atoms with E-state index in [9.17, 15) is 9.59 Å². The van der Waals surface area contributed by atoms with Gasteiger partial charge in [0.05, 0.1) is 0 Å². The van der Waals surface area contributed by atoms with E-state index in [-0.39, 0.29) is 17.1 Å². The van der Waals surface area contributed by atoms with Crippen LogP contribution in [0.4, 0.5) is 0 Å². The average molecular weight is 365 g/mol. The molecule has 0 fully saturated rings. The Morgan fingerprint density at radius 2 is 1.85 bits per heavy atom. The third kappa shape index (κ3) is 4.45. The fourth-order valence-corrected chi connectivity index (χ4v) is 3.95. The summed E-state index contributed by atoms with van der Waals surface area (Å²) in [5.41, 5.74) is 5.68. The summed E-state index contributed by atoms with van der Waals surface area (Å²) in [7, 11) is 0. The largest absolute Gasteiger partial charge is 0.294 e. The Labute approximate surface area is 160 Å². The summed E-state index contributed by atoms with van der Waals surface area (Å²) in [6, 6.07) is 16.4. The van der Waals surface area contributed by atoms with Gasteiger partial charge in [-0.15, -0.1) is 0 Å². The van der Waals surface area contributed by atoms with Crippen LogP contribution >= 0.6 is 0 Å². The molecule has 0 bridgehead atoms. The van der Waals surface area contributed by atoms with Gasteiger partial charge >= 0.3 is 0 Å². The molecule has 4 heteroatoms. The van der Waals surface area contributed by atoms with Crippen molar-refractivity contribution in [3.8, 4) is 11.1 Å². The van der Waals surface area contributed by atoms with E-state index < -0.39 is 0 Å². The maximum atomic E-state index is 13.1. The van der Waals surface area contributed by atoms with Gasteiger partial charge in [-0.3, -0.25) is 14.8 Å². The van der Waals surface area contributed by atoms with Crippen LogP contribution in [-0.4, -0.2) is 16.9 Å². The molecule has 2 N–H and O–H groups in total. The van der Waals surface area contributed by atoms with Crippen molar-refractivity contribution in [1.82, 2.24) is 5.48 Å². The summed E-state index contributed by atoms with van der Waals surface area (Å²) < 4.78 is 0. The topological polar surface area (TPSA) is 66.4 Å². The van der Waals surface area contributed by atoms with Crippen LogP contribution in [0.1, 0.15) is 61.4 Å². The van der Waals surface area contributed by atoms with Crippen molar-refractivity contribution in [1.29, 1.82) is 0 Å². The Bertz CT molecular complexity index is 816. The molecule has 2 aromatic rings. The minimum Gasteiger partial charge on any atom is -0.294 e. The molecule has 27 heavy (non-hydrogen) atoms. The van der Waals surface area contributed by atoms with Gasteiger partial charge in [-0.2, -0.15) is 0 Å². The van der Waals surface area contributed by atoms with E-state index in [1.54, 1.807) is 5.48 Å². The van der Waals surface area contributed by atoms with Gasteiger partial charge in [-0.05, 0) is 42.4 Å². The minimum atomic E-state index is -0.349. The first-order valence-corrected chi connectivity index (χ1v) is 9.69. The Balaban J connectivity index is 1.64. The first-order valence-electron chi connectivity index (χ1n) is 9.69. The van der Waals surface area contributed by atoms with E-state index in [0.29, 0.717) is 6.42 Å². The number of amides is 1. The van der Waals surface area contributed by atoms with Crippen LogP contribution in [0.5, 0.6) is 0 Å². The molecule has 2 aromatic carbocycles. The number of hydrogen-bond acceptors (Lipinski definition) is 3. The molecule has 0 heterocycles. The first-order chi connectivity index (χ1) is 13.0. The van der Waals surface area contributed by atoms with Crippen LogP contribution in [0.2, 0.25) is 0 Å². The zero-order valence-electron chi connectivity index (χ0n) is 15.8. The molecule has 1 unspecified atom stereocenters. The molecule has 0 spiro atoms. The molecular weight excluding hydrogens is 338 g/mol. The van der Waals surface area contributed by atoms with Crippen LogP contribution in [0.15, 0.2) is 48.5 Å². The highest BCUT2D eigenvalue weighted by Crippen LogP contribution is 2.40. The highest BCUT2D eigenvalue weighted by Gasteiger charge is 2.37. The molecule has 142 valence electrons. The number of aryl methyl sites for hydroxylation is 1. The fourth-order valence-electron chi connectivity index (χ4n) is 3.95. The normalized spacial score (nSPS) is 18.8. The van der Waals surface area contributed by atoms with Crippen LogP contribution in [0.25, 0.3) is 11.1 Å². The quantitative estimate of drug-likeness (QED) is 0.415. The second kappa shape index (κ2) is 8.49. The summed E-state index contributed by atoms with van der Waals surface area (Å²) in [4.78, 5) is 24.2. The smallest absolute Gasteiger partial charge is 0.243 e. The van der Waals surface area contributed by atoms with Crippen molar-refractivity contribution in [2.24, 2.45) is 5.41 Å². The van der Waals surface area contributed by atoms with Gasteiger partial charge in [0.1, 0.15) is 0 Å². The lowest BCUT2D eigenvalue weighted by atomic mass is 9.69. The first kappa shape index (κ1) is 19.3. The molecule has 1 aliphatic carbocycles. The number of benzene rings is 2. The second-order valence-corrected chi connectivity index (χ2v) is 7.72. The third-order valence-electron chi connectivity index (χ3n) is 5.71. The molecule has 0 saturated carbocycles. The van der Waals surface area contributed by atoms with E-state index in [4.69, 9.17) is 5.21 Å². The number of hydrogen-bond donors (Lipinski definition) is 2. The summed E-state index contributed by atoms with van der Waals surface area (Å²) >= 11 is 0. The number of carbonyl (C=O) groups is 2. The highest BCUT2D eigenvalue weighted by molar-refractivity contribution is 6.03. The zero-order valence-corrected chi connectivity index (χ0v) is 15.8. The average Bonchev–Trinajstić information content (AvgIpc) is 2.71. The number of Topliss-reactive ketones (excluding diaryl/α,β-unsaturated/α-hetero) is 1. The molecule has 1 amide bonds. The number of hydroxylamine groups is 1. The minimum absolute atomic E-state index is 0.247. The summed E-state index contributed by atoms with van der Waals surface area (Å²) in [6.45, 7) is 2.07. The van der Waals surface area contributed by atoms with Crippen molar-refractivity contribution in [2.75, 3.05) is 0 Å².